The Morgan fingerprint density at radius 3 is 2.74 bits per heavy atom. The molecule has 0 radical (unpaired) electrons. The number of carbonyl (C=O) groups is 1. The molecule has 2 fully saturated rings. The molecule has 0 amide bonds. The average Bonchev–Trinajstić information content (AvgIpc) is 2.79. The summed E-state index contributed by atoms with van der Waals surface area (Å²) in [5.74, 6) is 0.599. The van der Waals surface area contributed by atoms with Gasteiger partial charge in [-0.15, -0.1) is 0 Å². The normalized spacial score (nSPS) is 32.4. The molecule has 3 atom stereocenters. The van der Waals surface area contributed by atoms with Gasteiger partial charge in [-0.3, -0.25) is 4.79 Å². The van der Waals surface area contributed by atoms with Crippen molar-refractivity contribution in [3.05, 3.63) is 0 Å². The van der Waals surface area contributed by atoms with E-state index in [1.54, 1.807) is 0 Å². The van der Waals surface area contributed by atoms with Crippen molar-refractivity contribution in [3.63, 3.8) is 0 Å². The van der Waals surface area contributed by atoms with Gasteiger partial charge < -0.3 is 14.2 Å². The summed E-state index contributed by atoms with van der Waals surface area (Å²) in [4.78, 5) is 11.7. The standard InChI is InChI=1S/C14H23IO4/c1-2-18-14(16)11-7-12(15)13(8-11)19-9-10-3-5-17-6-4-10/h10-13H,2-9H2,1H3. The molecule has 5 heteroatoms. The minimum Gasteiger partial charge on any atom is -0.466 e. The van der Waals surface area contributed by atoms with Gasteiger partial charge in [0.05, 0.1) is 18.6 Å². The quantitative estimate of drug-likeness (QED) is 0.417. The van der Waals surface area contributed by atoms with E-state index in [4.69, 9.17) is 14.2 Å². The van der Waals surface area contributed by atoms with Gasteiger partial charge in [0.25, 0.3) is 0 Å². The molecule has 3 unspecified atom stereocenters. The summed E-state index contributed by atoms with van der Waals surface area (Å²) < 4.78 is 16.9. The molecule has 0 N–H and O–H groups in total. The predicted octanol–water partition coefficient (Wildman–Crippen LogP) is 2.57. The molecule has 110 valence electrons. The van der Waals surface area contributed by atoms with Crippen molar-refractivity contribution in [1.82, 2.24) is 0 Å². The maximum absolute atomic E-state index is 11.7. The minimum absolute atomic E-state index is 0.0292. The Morgan fingerprint density at radius 2 is 2.05 bits per heavy atom. The van der Waals surface area contributed by atoms with Gasteiger partial charge in [0.15, 0.2) is 0 Å². The van der Waals surface area contributed by atoms with Gasteiger partial charge in [-0.05, 0) is 38.5 Å². The van der Waals surface area contributed by atoms with Crippen LogP contribution >= 0.6 is 22.6 Å². The van der Waals surface area contributed by atoms with Crippen molar-refractivity contribution >= 4 is 28.6 Å². The van der Waals surface area contributed by atoms with E-state index >= 15 is 0 Å². The van der Waals surface area contributed by atoms with Crippen molar-refractivity contribution in [2.75, 3.05) is 26.4 Å². The highest BCUT2D eigenvalue weighted by molar-refractivity contribution is 14.1. The SMILES string of the molecule is CCOC(=O)C1CC(I)C(OCC2CCOCC2)C1. The molecule has 4 nitrogen and oxygen atoms in total. The second-order valence-electron chi connectivity index (χ2n) is 5.36. The van der Waals surface area contributed by atoms with E-state index in [2.05, 4.69) is 22.6 Å². The first-order chi connectivity index (χ1) is 9.20. The number of carbonyl (C=O) groups excluding carboxylic acids is 1. The van der Waals surface area contributed by atoms with Crippen LogP contribution in [0.5, 0.6) is 0 Å². The molecule has 0 aromatic carbocycles. The molecule has 1 aliphatic heterocycles. The molecule has 1 heterocycles. The van der Waals surface area contributed by atoms with Crippen LogP contribution in [0.15, 0.2) is 0 Å². The molecule has 1 saturated heterocycles. The Hall–Kier alpha value is 0.120. The molecular formula is C14H23IO4. The van der Waals surface area contributed by atoms with Gasteiger partial charge in [-0.25, -0.2) is 0 Å². The third kappa shape index (κ3) is 4.56. The summed E-state index contributed by atoms with van der Waals surface area (Å²) >= 11 is 2.41. The zero-order valence-corrected chi connectivity index (χ0v) is 13.6. The van der Waals surface area contributed by atoms with Crippen LogP contribution in [0.4, 0.5) is 0 Å². The lowest BCUT2D eigenvalue weighted by atomic mass is 10.0. The Morgan fingerprint density at radius 1 is 1.32 bits per heavy atom. The minimum atomic E-state index is -0.0543. The lowest BCUT2D eigenvalue weighted by Gasteiger charge is -2.24. The van der Waals surface area contributed by atoms with Gasteiger partial charge in [-0.2, -0.15) is 0 Å². The Bertz CT molecular complexity index is 291. The first-order valence-corrected chi connectivity index (χ1v) is 8.45. The molecular weight excluding hydrogens is 359 g/mol. The Kier molecular flexibility index (Phi) is 6.35. The zero-order valence-electron chi connectivity index (χ0n) is 11.5. The van der Waals surface area contributed by atoms with E-state index in [1.807, 2.05) is 6.92 Å². The number of hydrogen-bond donors (Lipinski definition) is 0. The fourth-order valence-corrected chi connectivity index (χ4v) is 3.86. The number of hydrogen-bond acceptors (Lipinski definition) is 4. The lowest BCUT2D eigenvalue weighted by molar-refractivity contribution is -0.148. The van der Waals surface area contributed by atoms with Crippen LogP contribution in [0.3, 0.4) is 0 Å². The highest BCUT2D eigenvalue weighted by atomic mass is 127. The van der Waals surface area contributed by atoms with Crippen LogP contribution in [0, 0.1) is 11.8 Å². The van der Waals surface area contributed by atoms with Crippen LogP contribution in [0.25, 0.3) is 0 Å². The zero-order chi connectivity index (χ0) is 13.7. The summed E-state index contributed by atoms with van der Waals surface area (Å²) in [6.07, 6.45) is 4.10. The summed E-state index contributed by atoms with van der Waals surface area (Å²) in [6.45, 7) is 4.85. The fraction of sp³-hybridized carbons (Fsp3) is 0.929. The van der Waals surface area contributed by atoms with E-state index in [-0.39, 0.29) is 18.0 Å². The number of rotatable bonds is 5. The van der Waals surface area contributed by atoms with Crippen LogP contribution in [0.1, 0.15) is 32.6 Å². The smallest absolute Gasteiger partial charge is 0.309 e. The third-order valence-electron chi connectivity index (χ3n) is 3.94. The monoisotopic (exact) mass is 382 g/mol. The van der Waals surface area contributed by atoms with Gasteiger partial charge >= 0.3 is 5.97 Å². The average molecular weight is 382 g/mol. The summed E-state index contributed by atoms with van der Waals surface area (Å²) in [5.41, 5.74) is 0. The van der Waals surface area contributed by atoms with E-state index in [0.29, 0.717) is 16.4 Å². The summed E-state index contributed by atoms with van der Waals surface area (Å²) in [5, 5.41) is 0. The maximum Gasteiger partial charge on any atom is 0.309 e. The number of halogens is 1. The van der Waals surface area contributed by atoms with E-state index < -0.39 is 0 Å². The molecule has 0 aromatic heterocycles. The largest absolute Gasteiger partial charge is 0.466 e. The summed E-state index contributed by atoms with van der Waals surface area (Å²) in [6, 6.07) is 0. The van der Waals surface area contributed by atoms with Crippen molar-refractivity contribution in [2.45, 2.75) is 42.6 Å². The van der Waals surface area contributed by atoms with Crippen molar-refractivity contribution in [1.29, 1.82) is 0 Å². The number of alkyl halides is 1. The van der Waals surface area contributed by atoms with Gasteiger partial charge in [0.2, 0.25) is 0 Å². The molecule has 2 rings (SSSR count). The van der Waals surface area contributed by atoms with Crippen molar-refractivity contribution in [2.24, 2.45) is 11.8 Å². The topological polar surface area (TPSA) is 44.8 Å². The number of esters is 1. The van der Waals surface area contributed by atoms with Crippen molar-refractivity contribution < 1.29 is 19.0 Å². The van der Waals surface area contributed by atoms with Crippen molar-refractivity contribution in [3.8, 4) is 0 Å². The lowest BCUT2D eigenvalue weighted by Crippen LogP contribution is -2.25. The molecule has 0 aromatic rings. The van der Waals surface area contributed by atoms with E-state index in [9.17, 15) is 4.79 Å². The van der Waals surface area contributed by atoms with Crippen LogP contribution < -0.4 is 0 Å². The van der Waals surface area contributed by atoms with Gasteiger partial charge in [0, 0.05) is 23.7 Å². The maximum atomic E-state index is 11.7. The highest BCUT2D eigenvalue weighted by Crippen LogP contribution is 2.35. The first-order valence-electron chi connectivity index (χ1n) is 7.20. The Balaban J connectivity index is 1.73. The fourth-order valence-electron chi connectivity index (χ4n) is 2.75. The van der Waals surface area contributed by atoms with Gasteiger partial charge in [-0.1, -0.05) is 22.6 Å². The van der Waals surface area contributed by atoms with E-state index in [0.717, 1.165) is 45.5 Å². The Labute approximate surface area is 128 Å². The molecule has 1 aliphatic carbocycles. The third-order valence-corrected chi connectivity index (χ3v) is 5.25. The van der Waals surface area contributed by atoms with E-state index in [1.165, 1.54) is 0 Å². The molecule has 2 aliphatic rings. The second kappa shape index (κ2) is 7.78. The van der Waals surface area contributed by atoms with Gasteiger partial charge in [0.1, 0.15) is 0 Å². The molecule has 19 heavy (non-hydrogen) atoms. The highest BCUT2D eigenvalue weighted by Gasteiger charge is 2.38. The molecule has 1 saturated carbocycles. The predicted molar refractivity (Wildman–Crippen MR) is 80.4 cm³/mol. The first kappa shape index (κ1) is 15.5. The number of ether oxygens (including phenoxy) is 3. The summed E-state index contributed by atoms with van der Waals surface area (Å²) in [7, 11) is 0. The van der Waals surface area contributed by atoms with Crippen LogP contribution in [-0.4, -0.2) is 42.4 Å². The van der Waals surface area contributed by atoms with Crippen LogP contribution in [-0.2, 0) is 19.0 Å². The molecule has 0 spiro atoms. The van der Waals surface area contributed by atoms with Crippen LogP contribution in [0.2, 0.25) is 0 Å². The second-order valence-corrected chi connectivity index (χ2v) is 6.96. The molecule has 0 bridgehead atoms.